The molecular formula is C11H13ClOS. The molecule has 3 heteroatoms. The lowest BCUT2D eigenvalue weighted by Crippen LogP contribution is -1.86. The topological polar surface area (TPSA) is 17.1 Å². The van der Waals surface area contributed by atoms with E-state index in [9.17, 15) is 4.79 Å². The molecule has 0 saturated carbocycles. The molecule has 0 bridgehead atoms. The molecule has 1 nitrogen and oxygen atoms in total. The number of unbranched alkanes of at least 4 members (excludes halogenated alkanes) is 1. The molecule has 0 aliphatic carbocycles. The van der Waals surface area contributed by atoms with Crippen LogP contribution in [0, 0.1) is 0 Å². The summed E-state index contributed by atoms with van der Waals surface area (Å²) in [6, 6.07) is 5.37. The Kier molecular flexibility index (Phi) is 5.05. The van der Waals surface area contributed by atoms with Crippen LogP contribution in [0.3, 0.4) is 0 Å². The number of thioether (sulfide) groups is 1. The summed E-state index contributed by atoms with van der Waals surface area (Å²) in [6.45, 7) is 2.15. The Bertz CT molecular complexity index is 312. The normalized spacial score (nSPS) is 10.1. The molecule has 0 saturated heterocycles. The van der Waals surface area contributed by atoms with Crippen LogP contribution in [0.4, 0.5) is 0 Å². The van der Waals surface area contributed by atoms with Crippen LogP contribution in [-0.2, 0) is 0 Å². The first-order valence-corrected chi connectivity index (χ1v) is 6.01. The van der Waals surface area contributed by atoms with E-state index in [4.69, 9.17) is 11.6 Å². The molecular weight excluding hydrogens is 216 g/mol. The van der Waals surface area contributed by atoms with Crippen LogP contribution in [-0.4, -0.2) is 12.0 Å². The van der Waals surface area contributed by atoms with E-state index < -0.39 is 0 Å². The summed E-state index contributed by atoms with van der Waals surface area (Å²) in [7, 11) is 0. The van der Waals surface area contributed by atoms with E-state index in [1.54, 1.807) is 23.9 Å². The molecule has 0 aliphatic heterocycles. The van der Waals surface area contributed by atoms with Gasteiger partial charge < -0.3 is 0 Å². The number of hydrogen-bond acceptors (Lipinski definition) is 2. The van der Waals surface area contributed by atoms with Gasteiger partial charge in [-0.2, -0.15) is 0 Å². The molecule has 0 aliphatic rings. The average molecular weight is 229 g/mol. The van der Waals surface area contributed by atoms with Crippen LogP contribution in [0.25, 0.3) is 0 Å². The van der Waals surface area contributed by atoms with Gasteiger partial charge in [0.25, 0.3) is 0 Å². The van der Waals surface area contributed by atoms with Gasteiger partial charge in [0, 0.05) is 15.5 Å². The molecule has 0 heterocycles. The predicted octanol–water partition coefficient (Wildman–Crippen LogP) is 4.04. The van der Waals surface area contributed by atoms with Crippen molar-refractivity contribution in [2.45, 2.75) is 24.7 Å². The van der Waals surface area contributed by atoms with Crippen LogP contribution >= 0.6 is 23.4 Å². The Labute approximate surface area is 93.8 Å². The van der Waals surface area contributed by atoms with E-state index in [0.717, 1.165) is 28.9 Å². The third-order valence-electron chi connectivity index (χ3n) is 1.86. The van der Waals surface area contributed by atoms with Crippen LogP contribution < -0.4 is 0 Å². The van der Waals surface area contributed by atoms with Gasteiger partial charge in [0.2, 0.25) is 0 Å². The zero-order chi connectivity index (χ0) is 10.4. The fourth-order valence-corrected chi connectivity index (χ4v) is 2.44. The van der Waals surface area contributed by atoms with Crippen LogP contribution in [0.2, 0.25) is 5.02 Å². The lowest BCUT2D eigenvalue weighted by Gasteiger charge is -2.04. The second-order valence-corrected chi connectivity index (χ2v) is 4.58. The Morgan fingerprint density at radius 3 is 2.93 bits per heavy atom. The minimum atomic E-state index is 0.689. The maximum absolute atomic E-state index is 10.7. The molecule has 76 valence electrons. The maximum Gasteiger partial charge on any atom is 0.151 e. The number of carbonyl (C=O) groups is 1. The fourth-order valence-electron chi connectivity index (χ4n) is 1.06. The van der Waals surface area contributed by atoms with Crippen molar-refractivity contribution in [3.05, 3.63) is 28.8 Å². The summed E-state index contributed by atoms with van der Waals surface area (Å²) >= 11 is 7.55. The van der Waals surface area contributed by atoms with Crippen molar-refractivity contribution >= 4 is 29.6 Å². The number of rotatable bonds is 5. The van der Waals surface area contributed by atoms with Crippen molar-refractivity contribution in [1.29, 1.82) is 0 Å². The van der Waals surface area contributed by atoms with Crippen molar-refractivity contribution in [3.63, 3.8) is 0 Å². The van der Waals surface area contributed by atoms with E-state index in [1.165, 1.54) is 6.42 Å². The summed E-state index contributed by atoms with van der Waals surface area (Å²) in [5.74, 6) is 1.04. The summed E-state index contributed by atoms with van der Waals surface area (Å²) in [5.41, 5.74) is 0.732. The highest BCUT2D eigenvalue weighted by Crippen LogP contribution is 2.26. The molecule has 0 spiro atoms. The van der Waals surface area contributed by atoms with Gasteiger partial charge in [-0.15, -0.1) is 11.8 Å². The zero-order valence-corrected chi connectivity index (χ0v) is 9.70. The third kappa shape index (κ3) is 3.35. The minimum Gasteiger partial charge on any atom is -0.298 e. The van der Waals surface area contributed by atoms with Gasteiger partial charge in [0.15, 0.2) is 6.29 Å². The Balaban J connectivity index is 2.72. The molecule has 0 radical (unpaired) electrons. The first-order chi connectivity index (χ1) is 6.77. The second-order valence-electron chi connectivity index (χ2n) is 3.00. The number of benzene rings is 1. The lowest BCUT2D eigenvalue weighted by atomic mass is 10.2. The Morgan fingerprint density at radius 2 is 2.29 bits per heavy atom. The van der Waals surface area contributed by atoms with Gasteiger partial charge in [-0.25, -0.2) is 0 Å². The van der Waals surface area contributed by atoms with E-state index in [2.05, 4.69) is 6.92 Å². The molecule has 0 unspecified atom stereocenters. The molecule has 1 rings (SSSR count). The van der Waals surface area contributed by atoms with Crippen LogP contribution in [0.15, 0.2) is 23.1 Å². The molecule has 0 N–H and O–H groups in total. The molecule has 14 heavy (non-hydrogen) atoms. The van der Waals surface area contributed by atoms with Gasteiger partial charge in [-0.05, 0) is 30.4 Å². The number of aldehydes is 1. The first kappa shape index (κ1) is 11.6. The minimum absolute atomic E-state index is 0.689. The lowest BCUT2D eigenvalue weighted by molar-refractivity contribution is 0.112. The number of hydrogen-bond donors (Lipinski definition) is 0. The summed E-state index contributed by atoms with van der Waals surface area (Å²) < 4.78 is 0. The van der Waals surface area contributed by atoms with Crippen LogP contribution in [0.5, 0.6) is 0 Å². The first-order valence-electron chi connectivity index (χ1n) is 4.65. The number of carbonyl (C=O) groups excluding carboxylic acids is 1. The zero-order valence-electron chi connectivity index (χ0n) is 8.13. The standard InChI is InChI=1S/C11H13ClOS/c1-2-3-6-14-11-7-10(12)5-4-9(11)8-13/h4-5,7-8H,2-3,6H2,1H3. The van der Waals surface area contributed by atoms with Crippen molar-refractivity contribution in [3.8, 4) is 0 Å². The smallest absolute Gasteiger partial charge is 0.151 e. The Hall–Kier alpha value is -0.470. The summed E-state index contributed by atoms with van der Waals surface area (Å²) in [5, 5.41) is 0.689. The summed E-state index contributed by atoms with van der Waals surface area (Å²) in [4.78, 5) is 11.7. The average Bonchev–Trinajstić information content (AvgIpc) is 2.19. The molecule has 0 fully saturated rings. The van der Waals surface area contributed by atoms with Crippen molar-refractivity contribution in [2.75, 3.05) is 5.75 Å². The van der Waals surface area contributed by atoms with Crippen LogP contribution in [0.1, 0.15) is 30.1 Å². The van der Waals surface area contributed by atoms with Crippen molar-refractivity contribution in [1.82, 2.24) is 0 Å². The molecule has 1 aromatic rings. The highest BCUT2D eigenvalue weighted by molar-refractivity contribution is 7.99. The third-order valence-corrected chi connectivity index (χ3v) is 3.25. The van der Waals surface area contributed by atoms with E-state index in [-0.39, 0.29) is 0 Å². The second kappa shape index (κ2) is 6.10. The van der Waals surface area contributed by atoms with E-state index >= 15 is 0 Å². The van der Waals surface area contributed by atoms with Gasteiger partial charge in [0.1, 0.15) is 0 Å². The predicted molar refractivity (Wildman–Crippen MR) is 62.5 cm³/mol. The molecule has 0 atom stereocenters. The van der Waals surface area contributed by atoms with Crippen molar-refractivity contribution in [2.24, 2.45) is 0 Å². The number of halogens is 1. The summed E-state index contributed by atoms with van der Waals surface area (Å²) in [6.07, 6.45) is 3.21. The van der Waals surface area contributed by atoms with Crippen molar-refractivity contribution < 1.29 is 4.79 Å². The van der Waals surface area contributed by atoms with Gasteiger partial charge in [-0.1, -0.05) is 24.9 Å². The SMILES string of the molecule is CCCCSc1cc(Cl)ccc1C=O. The Morgan fingerprint density at radius 1 is 1.50 bits per heavy atom. The van der Waals surface area contributed by atoms with E-state index in [0.29, 0.717) is 5.02 Å². The van der Waals surface area contributed by atoms with E-state index in [1.807, 2.05) is 6.07 Å². The quantitative estimate of drug-likeness (QED) is 0.430. The van der Waals surface area contributed by atoms with Gasteiger partial charge in [-0.3, -0.25) is 4.79 Å². The molecule has 1 aromatic carbocycles. The molecule has 0 aromatic heterocycles. The maximum atomic E-state index is 10.7. The largest absolute Gasteiger partial charge is 0.298 e. The monoisotopic (exact) mass is 228 g/mol. The highest BCUT2D eigenvalue weighted by Gasteiger charge is 2.02. The molecule has 0 amide bonds. The fraction of sp³-hybridized carbons (Fsp3) is 0.364. The van der Waals surface area contributed by atoms with Gasteiger partial charge in [0.05, 0.1) is 0 Å². The highest BCUT2D eigenvalue weighted by atomic mass is 35.5. The van der Waals surface area contributed by atoms with Gasteiger partial charge >= 0.3 is 0 Å².